The first-order chi connectivity index (χ1) is 11.2. The van der Waals surface area contributed by atoms with Crippen LogP contribution in [0.4, 0.5) is 0 Å². The number of nitrogens with zero attached hydrogens (tertiary/aromatic N) is 3. The lowest BCUT2D eigenvalue weighted by Crippen LogP contribution is -2.32. The minimum Gasteiger partial charge on any atom is -0.338 e. The van der Waals surface area contributed by atoms with Crippen molar-refractivity contribution in [3.05, 3.63) is 45.6 Å². The number of para-hydroxylation sites is 2. The third kappa shape index (κ3) is 2.53. The van der Waals surface area contributed by atoms with Crippen molar-refractivity contribution in [2.45, 2.75) is 25.7 Å². The average Bonchev–Trinajstić information content (AvgIpc) is 2.74. The van der Waals surface area contributed by atoms with Gasteiger partial charge in [0.1, 0.15) is 4.88 Å². The van der Waals surface area contributed by atoms with Crippen molar-refractivity contribution in [2.75, 3.05) is 13.1 Å². The molecular formula is C17H17N3O2S. The van der Waals surface area contributed by atoms with E-state index in [9.17, 15) is 9.59 Å². The molecule has 1 aliphatic heterocycles. The summed E-state index contributed by atoms with van der Waals surface area (Å²) in [6, 6.07) is 8.99. The van der Waals surface area contributed by atoms with Crippen LogP contribution in [-0.4, -0.2) is 33.3 Å². The molecule has 3 heterocycles. The first-order valence-electron chi connectivity index (χ1n) is 7.95. The molecule has 1 saturated heterocycles. The average molecular weight is 327 g/mol. The lowest BCUT2D eigenvalue weighted by molar-refractivity contribution is 0.0766. The van der Waals surface area contributed by atoms with Crippen LogP contribution in [0.15, 0.2) is 35.1 Å². The van der Waals surface area contributed by atoms with Crippen molar-refractivity contribution in [1.82, 2.24) is 14.3 Å². The summed E-state index contributed by atoms with van der Waals surface area (Å²) in [7, 11) is 0. The highest BCUT2D eigenvalue weighted by molar-refractivity contribution is 7.18. The Bertz CT molecular complexity index is 936. The summed E-state index contributed by atoms with van der Waals surface area (Å²) in [6.07, 6.45) is 4.42. The number of carbonyl (C=O) groups excluding carboxylic acids is 1. The molecular weight excluding hydrogens is 310 g/mol. The highest BCUT2D eigenvalue weighted by Crippen LogP contribution is 2.21. The number of likely N-dealkylation sites (tertiary alicyclic amines) is 1. The van der Waals surface area contributed by atoms with Crippen molar-refractivity contribution < 1.29 is 4.79 Å². The summed E-state index contributed by atoms with van der Waals surface area (Å²) < 4.78 is 1.58. The van der Waals surface area contributed by atoms with Crippen LogP contribution in [0.5, 0.6) is 0 Å². The first kappa shape index (κ1) is 14.4. The highest BCUT2D eigenvalue weighted by Gasteiger charge is 2.20. The summed E-state index contributed by atoms with van der Waals surface area (Å²) in [6.45, 7) is 1.56. The Balaban J connectivity index is 1.80. The monoisotopic (exact) mass is 327 g/mol. The Morgan fingerprint density at radius 2 is 1.83 bits per heavy atom. The molecule has 4 rings (SSSR count). The molecule has 0 unspecified atom stereocenters. The van der Waals surface area contributed by atoms with Gasteiger partial charge in [0.2, 0.25) is 0 Å². The van der Waals surface area contributed by atoms with Crippen molar-refractivity contribution in [3.63, 3.8) is 0 Å². The van der Waals surface area contributed by atoms with Gasteiger partial charge in [0.15, 0.2) is 4.96 Å². The predicted molar refractivity (Wildman–Crippen MR) is 91.2 cm³/mol. The van der Waals surface area contributed by atoms with E-state index in [1.807, 2.05) is 29.2 Å². The molecule has 1 amide bonds. The van der Waals surface area contributed by atoms with E-state index in [0.717, 1.165) is 37.0 Å². The molecule has 0 radical (unpaired) electrons. The van der Waals surface area contributed by atoms with Crippen LogP contribution in [0.1, 0.15) is 35.4 Å². The zero-order valence-electron chi connectivity index (χ0n) is 12.7. The van der Waals surface area contributed by atoms with E-state index in [1.54, 1.807) is 4.40 Å². The Hall–Kier alpha value is -2.21. The lowest BCUT2D eigenvalue weighted by Gasteiger charge is -2.19. The van der Waals surface area contributed by atoms with Crippen molar-refractivity contribution in [3.8, 4) is 0 Å². The summed E-state index contributed by atoms with van der Waals surface area (Å²) in [4.78, 5) is 32.6. The van der Waals surface area contributed by atoms with Crippen LogP contribution in [0, 0.1) is 0 Å². The van der Waals surface area contributed by atoms with Gasteiger partial charge in [-0.3, -0.25) is 14.0 Å². The minimum absolute atomic E-state index is 0.0384. The first-order valence-corrected chi connectivity index (χ1v) is 8.76. The number of hydrogen-bond acceptors (Lipinski definition) is 4. The quantitative estimate of drug-likeness (QED) is 0.690. The van der Waals surface area contributed by atoms with E-state index in [4.69, 9.17) is 0 Å². The molecule has 1 aromatic carbocycles. The third-order valence-corrected chi connectivity index (χ3v) is 5.28. The number of amides is 1. The topological polar surface area (TPSA) is 54.7 Å². The molecule has 23 heavy (non-hydrogen) atoms. The lowest BCUT2D eigenvalue weighted by atomic mass is 10.2. The van der Waals surface area contributed by atoms with E-state index in [1.165, 1.54) is 30.2 Å². The van der Waals surface area contributed by atoms with E-state index in [2.05, 4.69) is 4.98 Å². The fourth-order valence-electron chi connectivity index (χ4n) is 3.12. The van der Waals surface area contributed by atoms with Gasteiger partial charge in [0, 0.05) is 19.2 Å². The van der Waals surface area contributed by atoms with Gasteiger partial charge in [0.05, 0.1) is 11.0 Å². The number of imidazole rings is 1. The normalized spacial score (nSPS) is 15.9. The highest BCUT2D eigenvalue weighted by atomic mass is 32.1. The largest absolute Gasteiger partial charge is 0.338 e. The van der Waals surface area contributed by atoms with Gasteiger partial charge in [-0.05, 0) is 25.0 Å². The van der Waals surface area contributed by atoms with Crippen LogP contribution in [0.2, 0.25) is 0 Å². The number of fused-ring (bicyclic) bond motifs is 3. The second-order valence-corrected chi connectivity index (χ2v) is 6.88. The number of hydrogen-bond donors (Lipinski definition) is 0. The molecule has 1 aliphatic rings. The number of aromatic nitrogens is 2. The maximum atomic E-state index is 12.7. The molecule has 118 valence electrons. The molecule has 2 aromatic heterocycles. The molecule has 0 saturated carbocycles. The molecule has 6 heteroatoms. The van der Waals surface area contributed by atoms with Crippen LogP contribution >= 0.6 is 11.3 Å². The predicted octanol–water partition coefficient (Wildman–Crippen LogP) is 2.93. The van der Waals surface area contributed by atoms with E-state index in [-0.39, 0.29) is 11.5 Å². The van der Waals surface area contributed by atoms with Gasteiger partial charge in [0.25, 0.3) is 11.5 Å². The Morgan fingerprint density at radius 3 is 2.61 bits per heavy atom. The SMILES string of the molecule is O=C(c1cc(=O)n2c(nc3ccccc32)s1)N1CCCCCC1. The second-order valence-electron chi connectivity index (χ2n) is 5.87. The van der Waals surface area contributed by atoms with E-state index >= 15 is 0 Å². The van der Waals surface area contributed by atoms with E-state index in [0.29, 0.717) is 9.84 Å². The molecule has 0 atom stereocenters. The van der Waals surface area contributed by atoms with Gasteiger partial charge in [-0.25, -0.2) is 4.98 Å². The van der Waals surface area contributed by atoms with Crippen molar-refractivity contribution >= 4 is 33.2 Å². The fraction of sp³-hybridized carbons (Fsp3) is 0.353. The van der Waals surface area contributed by atoms with Crippen molar-refractivity contribution in [1.29, 1.82) is 0 Å². The Kier molecular flexibility index (Phi) is 3.61. The number of rotatable bonds is 1. The second kappa shape index (κ2) is 5.77. The molecule has 0 spiro atoms. The van der Waals surface area contributed by atoms with Crippen LogP contribution < -0.4 is 5.56 Å². The summed E-state index contributed by atoms with van der Waals surface area (Å²) in [5.74, 6) is -0.0384. The summed E-state index contributed by atoms with van der Waals surface area (Å²) in [5, 5.41) is 0. The molecule has 5 nitrogen and oxygen atoms in total. The van der Waals surface area contributed by atoms with Crippen molar-refractivity contribution in [2.24, 2.45) is 0 Å². The minimum atomic E-state index is -0.189. The zero-order chi connectivity index (χ0) is 15.8. The van der Waals surface area contributed by atoms with Gasteiger partial charge >= 0.3 is 0 Å². The molecule has 0 N–H and O–H groups in total. The zero-order valence-corrected chi connectivity index (χ0v) is 13.5. The molecule has 0 bridgehead atoms. The van der Waals surface area contributed by atoms with Gasteiger partial charge in [-0.2, -0.15) is 0 Å². The smallest absolute Gasteiger partial charge is 0.264 e. The summed E-state index contributed by atoms with van der Waals surface area (Å²) >= 11 is 1.30. The standard InChI is InChI=1S/C17H17N3O2S/c21-15-11-14(16(22)19-9-5-1-2-6-10-19)23-17-18-12-7-3-4-8-13(12)20(15)17/h3-4,7-8,11H,1-2,5-6,9-10H2. The summed E-state index contributed by atoms with van der Waals surface area (Å²) in [5.41, 5.74) is 1.38. The Morgan fingerprint density at radius 1 is 1.09 bits per heavy atom. The van der Waals surface area contributed by atoms with Crippen LogP contribution in [0.3, 0.4) is 0 Å². The molecule has 0 aliphatic carbocycles. The fourth-order valence-corrected chi connectivity index (χ4v) is 4.12. The van der Waals surface area contributed by atoms with Gasteiger partial charge in [-0.15, -0.1) is 0 Å². The number of carbonyl (C=O) groups is 1. The maximum Gasteiger partial charge on any atom is 0.264 e. The van der Waals surface area contributed by atoms with E-state index < -0.39 is 0 Å². The Labute approximate surface area is 137 Å². The molecule has 3 aromatic rings. The third-order valence-electron chi connectivity index (χ3n) is 4.31. The van der Waals surface area contributed by atoms with Gasteiger partial charge in [-0.1, -0.05) is 36.3 Å². The van der Waals surface area contributed by atoms with Gasteiger partial charge < -0.3 is 4.90 Å². The van der Waals surface area contributed by atoms with Crippen LogP contribution in [0.25, 0.3) is 16.0 Å². The number of benzene rings is 1. The molecule has 1 fully saturated rings. The maximum absolute atomic E-state index is 12.7. The van der Waals surface area contributed by atoms with Crippen LogP contribution in [-0.2, 0) is 0 Å².